The average molecular weight is 295 g/mol. The van der Waals surface area contributed by atoms with Crippen molar-refractivity contribution >= 4 is 6.09 Å². The van der Waals surface area contributed by atoms with E-state index in [1.165, 1.54) is 51.4 Å². The van der Waals surface area contributed by atoms with Gasteiger partial charge >= 0.3 is 6.09 Å². The van der Waals surface area contributed by atoms with Crippen molar-refractivity contribution in [2.24, 2.45) is 11.8 Å². The summed E-state index contributed by atoms with van der Waals surface area (Å²) in [4.78, 5) is 13.7. The monoisotopic (exact) mass is 295 g/mol. The third-order valence-electron chi connectivity index (χ3n) is 5.47. The average Bonchev–Trinajstić information content (AvgIpc) is 2.51. The van der Waals surface area contributed by atoms with Gasteiger partial charge in [0.05, 0.1) is 0 Å². The fourth-order valence-corrected chi connectivity index (χ4v) is 4.08. The molecular weight excluding hydrogens is 262 g/mol. The maximum atomic E-state index is 12.0. The van der Waals surface area contributed by atoms with Gasteiger partial charge in [-0.1, -0.05) is 32.1 Å². The van der Waals surface area contributed by atoms with Gasteiger partial charge in [-0.3, -0.25) is 0 Å². The molecule has 0 unspecified atom stereocenters. The molecule has 2 fully saturated rings. The van der Waals surface area contributed by atoms with Crippen LogP contribution in [-0.4, -0.2) is 30.2 Å². The van der Waals surface area contributed by atoms with E-state index in [0.29, 0.717) is 0 Å². The molecule has 0 saturated heterocycles. The zero-order valence-corrected chi connectivity index (χ0v) is 14.0. The normalized spacial score (nSPS) is 27.3. The number of amides is 1. The molecule has 2 rings (SSSR count). The van der Waals surface area contributed by atoms with Crippen molar-refractivity contribution in [3.8, 4) is 0 Å². The molecule has 0 radical (unpaired) electrons. The Morgan fingerprint density at radius 2 is 1.48 bits per heavy atom. The minimum Gasteiger partial charge on any atom is -0.446 e. The zero-order valence-electron chi connectivity index (χ0n) is 14.0. The molecule has 0 aromatic heterocycles. The van der Waals surface area contributed by atoms with Gasteiger partial charge in [-0.05, 0) is 57.8 Å². The first-order valence-electron chi connectivity index (χ1n) is 9.18. The molecule has 21 heavy (non-hydrogen) atoms. The van der Waals surface area contributed by atoms with Gasteiger partial charge in [0.2, 0.25) is 0 Å². The molecule has 3 heteroatoms. The number of ether oxygens (including phenoxy) is 1. The molecule has 0 N–H and O–H groups in total. The Balaban J connectivity index is 1.66. The summed E-state index contributed by atoms with van der Waals surface area (Å²) in [6, 6.07) is 0. The molecule has 0 aromatic carbocycles. The highest BCUT2D eigenvalue weighted by Crippen LogP contribution is 2.35. The van der Waals surface area contributed by atoms with Crippen LogP contribution in [-0.2, 0) is 4.74 Å². The van der Waals surface area contributed by atoms with Crippen LogP contribution in [0.25, 0.3) is 0 Å². The third kappa shape index (κ3) is 5.19. The Labute approximate surface area is 130 Å². The summed E-state index contributed by atoms with van der Waals surface area (Å²) in [5.41, 5.74) is 0. The van der Waals surface area contributed by atoms with Crippen LogP contribution in [0.1, 0.15) is 78.1 Å². The Bertz CT molecular complexity index is 300. The zero-order chi connectivity index (χ0) is 15.1. The van der Waals surface area contributed by atoms with E-state index in [2.05, 4.69) is 0 Å². The van der Waals surface area contributed by atoms with E-state index in [-0.39, 0.29) is 12.2 Å². The van der Waals surface area contributed by atoms with Gasteiger partial charge in [0, 0.05) is 13.1 Å². The summed E-state index contributed by atoms with van der Waals surface area (Å²) in [6.45, 7) is 5.50. The summed E-state index contributed by atoms with van der Waals surface area (Å²) in [5, 5.41) is 0. The SMILES string of the molecule is CCN(CC)C(=O)OC1CCC(CC2CCCCC2)CC1. The highest BCUT2D eigenvalue weighted by atomic mass is 16.6. The topological polar surface area (TPSA) is 29.5 Å². The smallest absolute Gasteiger partial charge is 0.410 e. The lowest BCUT2D eigenvalue weighted by Gasteiger charge is -2.32. The summed E-state index contributed by atoms with van der Waals surface area (Å²) in [5.74, 6) is 1.87. The number of hydrogen-bond donors (Lipinski definition) is 0. The first-order valence-corrected chi connectivity index (χ1v) is 9.18. The molecule has 2 aliphatic carbocycles. The van der Waals surface area contributed by atoms with Gasteiger partial charge in [-0.25, -0.2) is 4.79 Å². The summed E-state index contributed by atoms with van der Waals surface area (Å²) in [6.07, 6.45) is 13.4. The van der Waals surface area contributed by atoms with Crippen LogP contribution in [0.5, 0.6) is 0 Å². The number of rotatable bonds is 5. The predicted octanol–water partition coefficient (Wildman–Crippen LogP) is 4.99. The van der Waals surface area contributed by atoms with E-state index in [1.807, 2.05) is 13.8 Å². The van der Waals surface area contributed by atoms with Crippen molar-refractivity contribution in [2.45, 2.75) is 84.2 Å². The van der Waals surface area contributed by atoms with E-state index >= 15 is 0 Å². The van der Waals surface area contributed by atoms with Crippen LogP contribution in [0.4, 0.5) is 4.79 Å². The van der Waals surface area contributed by atoms with Crippen LogP contribution >= 0.6 is 0 Å². The van der Waals surface area contributed by atoms with E-state index in [4.69, 9.17) is 4.74 Å². The van der Waals surface area contributed by atoms with Gasteiger partial charge in [0.25, 0.3) is 0 Å². The maximum absolute atomic E-state index is 12.0. The molecule has 0 bridgehead atoms. The van der Waals surface area contributed by atoms with Crippen molar-refractivity contribution < 1.29 is 9.53 Å². The predicted molar refractivity (Wildman–Crippen MR) is 86.3 cm³/mol. The second-order valence-corrected chi connectivity index (χ2v) is 6.94. The highest BCUT2D eigenvalue weighted by molar-refractivity contribution is 5.67. The van der Waals surface area contributed by atoms with Crippen molar-refractivity contribution in [2.75, 3.05) is 13.1 Å². The van der Waals surface area contributed by atoms with Gasteiger partial charge in [-0.15, -0.1) is 0 Å². The first-order chi connectivity index (χ1) is 10.2. The standard InChI is InChI=1S/C18H33NO2/c1-3-19(4-2)18(20)21-17-12-10-16(11-13-17)14-15-8-6-5-7-9-15/h15-17H,3-14H2,1-2H3. The fraction of sp³-hybridized carbons (Fsp3) is 0.944. The number of hydrogen-bond acceptors (Lipinski definition) is 2. The van der Waals surface area contributed by atoms with E-state index in [9.17, 15) is 4.79 Å². The lowest BCUT2D eigenvalue weighted by Crippen LogP contribution is -2.35. The molecule has 0 aliphatic heterocycles. The summed E-state index contributed by atoms with van der Waals surface area (Å²) < 4.78 is 5.66. The van der Waals surface area contributed by atoms with Crippen molar-refractivity contribution in [3.05, 3.63) is 0 Å². The van der Waals surface area contributed by atoms with Crippen molar-refractivity contribution in [1.82, 2.24) is 4.90 Å². The van der Waals surface area contributed by atoms with Gasteiger partial charge < -0.3 is 9.64 Å². The van der Waals surface area contributed by atoms with Gasteiger partial charge in [0.15, 0.2) is 0 Å². The Kier molecular flexibility index (Phi) is 6.85. The van der Waals surface area contributed by atoms with Crippen LogP contribution in [0.2, 0.25) is 0 Å². The highest BCUT2D eigenvalue weighted by Gasteiger charge is 2.27. The molecular formula is C18H33NO2. The lowest BCUT2D eigenvalue weighted by atomic mass is 9.77. The maximum Gasteiger partial charge on any atom is 0.410 e. The van der Waals surface area contributed by atoms with Gasteiger partial charge in [-0.2, -0.15) is 0 Å². The van der Waals surface area contributed by atoms with E-state index in [1.54, 1.807) is 4.90 Å². The van der Waals surface area contributed by atoms with Crippen LogP contribution < -0.4 is 0 Å². The molecule has 0 aromatic rings. The van der Waals surface area contributed by atoms with E-state index < -0.39 is 0 Å². The van der Waals surface area contributed by atoms with Crippen molar-refractivity contribution in [1.29, 1.82) is 0 Å². The minimum atomic E-state index is -0.115. The van der Waals surface area contributed by atoms with Crippen LogP contribution in [0, 0.1) is 11.8 Å². The minimum absolute atomic E-state index is 0.115. The number of carbonyl (C=O) groups is 1. The second kappa shape index (κ2) is 8.65. The first kappa shape index (κ1) is 16.6. The molecule has 0 atom stereocenters. The summed E-state index contributed by atoms with van der Waals surface area (Å²) in [7, 11) is 0. The lowest BCUT2D eigenvalue weighted by molar-refractivity contribution is 0.0368. The number of carbonyl (C=O) groups excluding carboxylic acids is 1. The Hall–Kier alpha value is -0.730. The quantitative estimate of drug-likeness (QED) is 0.714. The molecule has 2 aliphatic rings. The molecule has 1 amide bonds. The Morgan fingerprint density at radius 3 is 2.05 bits per heavy atom. The molecule has 0 heterocycles. The summed E-state index contributed by atoms with van der Waals surface area (Å²) >= 11 is 0. The van der Waals surface area contributed by atoms with E-state index in [0.717, 1.165) is 37.8 Å². The van der Waals surface area contributed by atoms with Crippen LogP contribution in [0.15, 0.2) is 0 Å². The fourth-order valence-electron chi connectivity index (χ4n) is 4.08. The second-order valence-electron chi connectivity index (χ2n) is 6.94. The molecule has 3 nitrogen and oxygen atoms in total. The van der Waals surface area contributed by atoms with Gasteiger partial charge in [0.1, 0.15) is 6.10 Å². The van der Waals surface area contributed by atoms with Crippen LogP contribution in [0.3, 0.4) is 0 Å². The third-order valence-corrected chi connectivity index (χ3v) is 5.47. The molecule has 2 saturated carbocycles. The number of nitrogens with zero attached hydrogens (tertiary/aromatic N) is 1. The van der Waals surface area contributed by atoms with Crippen molar-refractivity contribution in [3.63, 3.8) is 0 Å². The largest absolute Gasteiger partial charge is 0.446 e. The molecule has 0 spiro atoms. The molecule has 122 valence electrons. The Morgan fingerprint density at radius 1 is 0.905 bits per heavy atom.